The van der Waals surface area contributed by atoms with Gasteiger partial charge in [-0.3, -0.25) is 4.79 Å². The monoisotopic (exact) mass is 218 g/mol. The Hall–Kier alpha value is 0.326. The van der Waals surface area contributed by atoms with Crippen molar-refractivity contribution in [2.75, 3.05) is 0 Å². The minimum atomic E-state index is 0. The number of carbonyl (C=O) groups excluding carboxylic acids is 1. The van der Waals surface area contributed by atoms with E-state index in [-0.39, 0.29) is 51.4 Å². The summed E-state index contributed by atoms with van der Waals surface area (Å²) < 4.78 is 0. The molecule has 0 unspecified atom stereocenters. The topological polar surface area (TPSA) is 40.1 Å². The van der Waals surface area contributed by atoms with Crippen LogP contribution in [0.1, 0.15) is 25.7 Å². The van der Waals surface area contributed by atoms with Gasteiger partial charge in [0, 0.05) is 0 Å². The first-order valence-electron chi connectivity index (χ1n) is 4.39. The molecule has 0 aliphatic carbocycles. The van der Waals surface area contributed by atoms with Crippen molar-refractivity contribution in [2.24, 2.45) is 0 Å². The van der Waals surface area contributed by atoms with Crippen LogP contribution in [0.15, 0.2) is 36.6 Å². The maximum atomic E-state index is 10.5. The van der Waals surface area contributed by atoms with Crippen molar-refractivity contribution in [2.45, 2.75) is 25.7 Å². The zero-order chi connectivity index (χ0) is 9.94. The van der Waals surface area contributed by atoms with Gasteiger partial charge in [-0.25, -0.2) is 0 Å². The largest absolute Gasteiger partial charge is 1.00 e. The molecule has 0 atom stereocenters. The van der Waals surface area contributed by atoms with Gasteiger partial charge in [0.1, 0.15) is 6.29 Å². The van der Waals surface area contributed by atoms with Gasteiger partial charge in [0.25, 0.3) is 0 Å². The second-order valence-corrected chi connectivity index (χ2v) is 2.72. The van der Waals surface area contributed by atoms with E-state index in [1.54, 1.807) is 6.08 Å². The van der Waals surface area contributed by atoms with Crippen molar-refractivity contribution in [1.29, 1.82) is 0 Å². The van der Waals surface area contributed by atoms with Crippen LogP contribution in [0.3, 0.4) is 0 Å². The van der Waals surface area contributed by atoms with Gasteiger partial charge in [-0.1, -0.05) is 18.2 Å². The fraction of sp³-hybridized carbons (Fsp3) is 0.364. The van der Waals surface area contributed by atoms with E-state index in [2.05, 4.69) is 6.58 Å². The predicted molar refractivity (Wildman–Crippen MR) is 52.0 cm³/mol. The number of carbonyl (C=O) groups is 1. The van der Waals surface area contributed by atoms with E-state index < -0.39 is 0 Å². The number of aldehydes is 1. The molecule has 0 heterocycles. The van der Waals surface area contributed by atoms with Crippen LogP contribution in [-0.4, -0.2) is 6.29 Å². The van der Waals surface area contributed by atoms with E-state index in [1.807, 2.05) is 6.08 Å². The molecule has 0 N–H and O–H groups in total. The van der Waals surface area contributed by atoms with E-state index in [4.69, 9.17) is 0 Å². The van der Waals surface area contributed by atoms with Crippen molar-refractivity contribution in [3.63, 3.8) is 0 Å². The molecule has 2 nitrogen and oxygen atoms in total. The molecule has 0 bridgehead atoms. The molecular weight excluding hydrogens is 203 g/mol. The van der Waals surface area contributed by atoms with Gasteiger partial charge in [-0.15, -0.1) is 12.8 Å². The van der Waals surface area contributed by atoms with E-state index >= 15 is 0 Å². The van der Waals surface area contributed by atoms with Crippen molar-refractivity contribution < 1.29 is 61.3 Å². The summed E-state index contributed by atoms with van der Waals surface area (Å²) in [6.45, 7) is 3.61. The van der Waals surface area contributed by atoms with Gasteiger partial charge in [-0.05, 0) is 31.3 Å². The SMILES string of the molecule is C=CCCCC/C(C=O)=C\C=C\[O-].[K+]. The summed E-state index contributed by atoms with van der Waals surface area (Å²) in [7, 11) is 0. The Labute approximate surface area is 128 Å². The summed E-state index contributed by atoms with van der Waals surface area (Å²) in [5.41, 5.74) is 0.677. The fourth-order valence-electron chi connectivity index (χ4n) is 0.962. The smallest absolute Gasteiger partial charge is 0.878 e. The Bertz CT molecular complexity index is 207. The first-order valence-corrected chi connectivity index (χ1v) is 4.39. The second kappa shape index (κ2) is 13.3. The number of hydrogen-bond acceptors (Lipinski definition) is 2. The average Bonchev–Trinajstić information content (AvgIpc) is 2.17. The van der Waals surface area contributed by atoms with Crippen molar-refractivity contribution >= 4 is 6.29 Å². The summed E-state index contributed by atoms with van der Waals surface area (Å²) in [4.78, 5) is 10.5. The third-order valence-electron chi connectivity index (χ3n) is 1.66. The van der Waals surface area contributed by atoms with Crippen molar-refractivity contribution in [1.82, 2.24) is 0 Å². The van der Waals surface area contributed by atoms with Gasteiger partial charge in [0.2, 0.25) is 0 Å². The third kappa shape index (κ3) is 10.4. The van der Waals surface area contributed by atoms with Crippen molar-refractivity contribution in [3.8, 4) is 0 Å². The molecule has 72 valence electrons. The first kappa shape index (κ1) is 16.7. The maximum absolute atomic E-state index is 10.5. The number of hydrogen-bond donors (Lipinski definition) is 0. The maximum Gasteiger partial charge on any atom is 1.00 e. The van der Waals surface area contributed by atoms with E-state index in [0.717, 1.165) is 32.0 Å². The molecule has 0 aromatic carbocycles. The Kier molecular flexibility index (Phi) is 15.9. The van der Waals surface area contributed by atoms with Crippen LogP contribution in [0.5, 0.6) is 0 Å². The molecule has 0 saturated heterocycles. The van der Waals surface area contributed by atoms with Gasteiger partial charge < -0.3 is 5.11 Å². The molecule has 0 rings (SSSR count). The summed E-state index contributed by atoms with van der Waals surface area (Å²) in [5.74, 6) is 0. The third-order valence-corrected chi connectivity index (χ3v) is 1.66. The van der Waals surface area contributed by atoms with E-state index in [1.165, 1.54) is 6.08 Å². The van der Waals surface area contributed by atoms with Gasteiger partial charge in [0.05, 0.1) is 0 Å². The number of rotatable bonds is 7. The summed E-state index contributed by atoms with van der Waals surface area (Å²) in [6, 6.07) is 0. The predicted octanol–water partition coefficient (Wildman–Crippen LogP) is -1.26. The van der Waals surface area contributed by atoms with Gasteiger partial charge >= 0.3 is 51.4 Å². The van der Waals surface area contributed by atoms with Gasteiger partial charge in [0.15, 0.2) is 0 Å². The zero-order valence-electron chi connectivity index (χ0n) is 8.74. The summed E-state index contributed by atoms with van der Waals surface area (Å²) in [6.07, 6.45) is 9.96. The van der Waals surface area contributed by atoms with E-state index in [0.29, 0.717) is 11.8 Å². The van der Waals surface area contributed by atoms with Crippen LogP contribution in [0.25, 0.3) is 0 Å². The van der Waals surface area contributed by atoms with Gasteiger partial charge in [-0.2, -0.15) is 0 Å². The van der Waals surface area contributed by atoms with Crippen LogP contribution in [0, 0.1) is 0 Å². The average molecular weight is 218 g/mol. The molecule has 3 heteroatoms. The Morgan fingerprint density at radius 2 is 2.07 bits per heavy atom. The summed E-state index contributed by atoms with van der Waals surface area (Å²) in [5, 5.41) is 9.97. The van der Waals surface area contributed by atoms with Crippen LogP contribution in [0.2, 0.25) is 0 Å². The molecule has 0 aliphatic heterocycles. The van der Waals surface area contributed by atoms with Crippen LogP contribution >= 0.6 is 0 Å². The molecule has 0 spiro atoms. The molecular formula is C11H15KO2. The molecule has 0 aliphatic rings. The second-order valence-electron chi connectivity index (χ2n) is 2.72. The molecule has 0 saturated carbocycles. The standard InChI is InChI=1S/C11H16O2.K/c1-2-3-4-5-7-11(10-13)8-6-9-12;/h2,6,8-10,12H,1,3-5,7H2;/q;+1/p-1/b9-6+,11-8+;. The van der Waals surface area contributed by atoms with E-state index in [9.17, 15) is 9.90 Å². The minimum Gasteiger partial charge on any atom is -0.878 e. The minimum absolute atomic E-state index is 0. The Morgan fingerprint density at radius 3 is 2.57 bits per heavy atom. The molecule has 0 radical (unpaired) electrons. The molecule has 0 amide bonds. The number of allylic oxidation sites excluding steroid dienone is 4. The Morgan fingerprint density at radius 1 is 1.36 bits per heavy atom. The molecule has 0 aromatic rings. The van der Waals surface area contributed by atoms with Crippen molar-refractivity contribution in [3.05, 3.63) is 36.6 Å². The Balaban J connectivity index is 0. The van der Waals surface area contributed by atoms with Crippen LogP contribution in [0.4, 0.5) is 0 Å². The molecule has 0 fully saturated rings. The fourth-order valence-corrected chi connectivity index (χ4v) is 0.962. The normalized spacial score (nSPS) is 11.0. The quantitative estimate of drug-likeness (QED) is 0.102. The summed E-state index contributed by atoms with van der Waals surface area (Å²) >= 11 is 0. The zero-order valence-corrected chi connectivity index (χ0v) is 11.9. The molecule has 0 aromatic heterocycles. The first-order chi connectivity index (χ1) is 6.35. The van der Waals surface area contributed by atoms with Crippen LogP contribution < -0.4 is 56.5 Å². The number of unbranched alkanes of at least 4 members (excludes halogenated alkanes) is 2. The molecule has 14 heavy (non-hydrogen) atoms. The van der Waals surface area contributed by atoms with Crippen LogP contribution in [-0.2, 0) is 4.79 Å².